The average Bonchev–Trinajstić information content (AvgIpc) is 3.46. The summed E-state index contributed by atoms with van der Waals surface area (Å²) in [5.74, 6) is 1.49. The van der Waals surface area contributed by atoms with Crippen molar-refractivity contribution in [1.29, 1.82) is 0 Å². The number of rotatable bonds is 7. The van der Waals surface area contributed by atoms with E-state index in [-0.39, 0.29) is 5.91 Å². The summed E-state index contributed by atoms with van der Waals surface area (Å²) in [7, 11) is 0. The second kappa shape index (κ2) is 8.30. The Bertz CT molecular complexity index is 826. The lowest BCUT2D eigenvalue weighted by molar-refractivity contribution is -0.127. The number of nitrogens with zero attached hydrogens (tertiary/aromatic N) is 4. The second-order valence-corrected chi connectivity index (χ2v) is 8.08. The fraction of sp³-hybridized carbons (Fsp3) is 0.476. The molecule has 0 aliphatic heterocycles. The maximum Gasteiger partial charge on any atom is 0.237 e. The van der Waals surface area contributed by atoms with Crippen molar-refractivity contribution in [2.75, 3.05) is 5.75 Å². The van der Waals surface area contributed by atoms with Crippen LogP contribution in [0.1, 0.15) is 45.4 Å². The van der Waals surface area contributed by atoms with Crippen molar-refractivity contribution in [3.05, 3.63) is 42.1 Å². The van der Waals surface area contributed by atoms with Gasteiger partial charge in [-0.3, -0.25) is 4.79 Å². The van der Waals surface area contributed by atoms with Crippen LogP contribution in [0.5, 0.6) is 0 Å². The van der Waals surface area contributed by atoms with Gasteiger partial charge in [0.25, 0.3) is 0 Å². The van der Waals surface area contributed by atoms with Crippen LogP contribution >= 0.6 is 11.8 Å². The Morgan fingerprint density at radius 1 is 1.22 bits per heavy atom. The van der Waals surface area contributed by atoms with Crippen molar-refractivity contribution >= 4 is 17.7 Å². The number of allylic oxidation sites excluding steroid dienone is 2. The average molecular weight is 383 g/mol. The van der Waals surface area contributed by atoms with Crippen LogP contribution in [-0.4, -0.2) is 37.4 Å². The number of aromatic nitrogens is 3. The van der Waals surface area contributed by atoms with Crippen LogP contribution < -0.4 is 0 Å². The quantitative estimate of drug-likeness (QED) is 0.661. The monoisotopic (exact) mass is 382 g/mol. The molecule has 1 saturated carbocycles. The maximum atomic E-state index is 13.0. The zero-order valence-electron chi connectivity index (χ0n) is 15.8. The van der Waals surface area contributed by atoms with Gasteiger partial charge in [-0.2, -0.15) is 0 Å². The third-order valence-electron chi connectivity index (χ3n) is 5.15. The Labute approximate surface area is 164 Å². The van der Waals surface area contributed by atoms with Crippen molar-refractivity contribution < 1.29 is 4.79 Å². The number of hydrogen-bond acceptors (Lipinski definition) is 4. The zero-order valence-corrected chi connectivity index (χ0v) is 16.6. The number of thioether (sulfide) groups is 1. The molecule has 6 heteroatoms. The molecule has 0 unspecified atom stereocenters. The molecular formula is C21H26N4OS. The summed E-state index contributed by atoms with van der Waals surface area (Å²) in [6.07, 6.45) is 9.12. The van der Waals surface area contributed by atoms with Gasteiger partial charge in [0.2, 0.25) is 5.91 Å². The number of hydrogen-bond donors (Lipinski definition) is 0. The lowest BCUT2D eigenvalue weighted by Crippen LogP contribution is -2.34. The zero-order chi connectivity index (χ0) is 18.6. The molecule has 0 saturated heterocycles. The Balaban J connectivity index is 1.47. The number of carbonyl (C=O) groups excluding carboxylic acids is 1. The minimum absolute atomic E-state index is 0.211. The molecule has 1 aromatic carbocycles. The van der Waals surface area contributed by atoms with E-state index in [1.165, 1.54) is 30.3 Å². The van der Waals surface area contributed by atoms with Gasteiger partial charge in [0, 0.05) is 23.8 Å². The molecule has 1 aromatic heterocycles. The summed E-state index contributed by atoms with van der Waals surface area (Å²) in [6.45, 7) is 2.87. The van der Waals surface area contributed by atoms with Gasteiger partial charge in [-0.1, -0.05) is 48.2 Å². The first-order valence-electron chi connectivity index (χ1n) is 9.90. The van der Waals surface area contributed by atoms with Gasteiger partial charge in [-0.25, -0.2) is 0 Å². The molecule has 0 radical (unpaired) electrons. The molecule has 2 aliphatic carbocycles. The van der Waals surface area contributed by atoms with Crippen molar-refractivity contribution in [1.82, 2.24) is 19.7 Å². The number of amides is 1. The van der Waals surface area contributed by atoms with Crippen molar-refractivity contribution in [3.63, 3.8) is 0 Å². The molecular weight excluding hydrogens is 356 g/mol. The fourth-order valence-electron chi connectivity index (χ4n) is 3.65. The number of benzene rings is 1. The largest absolute Gasteiger partial charge is 0.313 e. The van der Waals surface area contributed by atoms with Gasteiger partial charge < -0.3 is 9.47 Å². The van der Waals surface area contributed by atoms with Gasteiger partial charge in [-0.05, 0) is 45.4 Å². The molecule has 5 nitrogen and oxygen atoms in total. The molecule has 0 N–H and O–H groups in total. The van der Waals surface area contributed by atoms with E-state index < -0.39 is 0 Å². The lowest BCUT2D eigenvalue weighted by atomic mass is 10.0. The van der Waals surface area contributed by atoms with E-state index in [0.29, 0.717) is 11.8 Å². The molecule has 4 rings (SSSR count). The summed E-state index contributed by atoms with van der Waals surface area (Å²) in [5, 5.41) is 9.55. The molecule has 1 heterocycles. The summed E-state index contributed by atoms with van der Waals surface area (Å²) in [6, 6.07) is 10.5. The molecule has 2 aromatic rings. The normalized spacial score (nSPS) is 16.9. The van der Waals surface area contributed by atoms with Gasteiger partial charge in [0.1, 0.15) is 0 Å². The fourth-order valence-corrected chi connectivity index (χ4v) is 4.51. The SMILES string of the molecule is CCn1c(SCC(=O)N(C2=CCCCC2)C2CC2)nnc1-c1ccccc1. The summed E-state index contributed by atoms with van der Waals surface area (Å²) in [4.78, 5) is 15.1. The van der Waals surface area contributed by atoms with Gasteiger partial charge in [0.05, 0.1) is 5.75 Å². The smallest absolute Gasteiger partial charge is 0.237 e. The van der Waals surface area contributed by atoms with E-state index in [0.717, 1.165) is 48.8 Å². The van der Waals surface area contributed by atoms with Crippen molar-refractivity contribution in [2.24, 2.45) is 0 Å². The molecule has 1 fully saturated rings. The highest BCUT2D eigenvalue weighted by Gasteiger charge is 2.35. The van der Waals surface area contributed by atoms with E-state index in [1.807, 2.05) is 30.3 Å². The van der Waals surface area contributed by atoms with Crippen LogP contribution in [0.15, 0.2) is 47.3 Å². The molecule has 2 aliphatic rings. The molecule has 27 heavy (non-hydrogen) atoms. The minimum Gasteiger partial charge on any atom is -0.313 e. The topological polar surface area (TPSA) is 51.0 Å². The van der Waals surface area contributed by atoms with E-state index in [4.69, 9.17) is 0 Å². The van der Waals surface area contributed by atoms with Crippen molar-refractivity contribution in [2.45, 2.75) is 63.2 Å². The van der Waals surface area contributed by atoms with E-state index in [2.05, 4.69) is 32.7 Å². The summed E-state index contributed by atoms with van der Waals surface area (Å²) < 4.78 is 2.09. The standard InChI is InChI=1S/C21H26N4OS/c1-2-24-20(16-9-5-3-6-10-16)22-23-21(24)27-15-19(26)25(18-13-14-18)17-11-7-4-8-12-17/h3,5-6,9-11,18H,2,4,7-8,12-15H2,1H3. The highest BCUT2D eigenvalue weighted by atomic mass is 32.2. The third kappa shape index (κ3) is 4.10. The van der Waals surface area contributed by atoms with Crippen LogP contribution in [0, 0.1) is 0 Å². The van der Waals surface area contributed by atoms with E-state index >= 15 is 0 Å². The Morgan fingerprint density at radius 3 is 2.70 bits per heavy atom. The minimum atomic E-state index is 0.211. The predicted octanol–water partition coefficient (Wildman–Crippen LogP) is 4.51. The first kappa shape index (κ1) is 18.3. The van der Waals surface area contributed by atoms with E-state index in [9.17, 15) is 4.79 Å². The second-order valence-electron chi connectivity index (χ2n) is 7.14. The Morgan fingerprint density at radius 2 is 2.04 bits per heavy atom. The number of carbonyl (C=O) groups is 1. The molecule has 0 atom stereocenters. The van der Waals surface area contributed by atoms with Crippen LogP contribution in [0.25, 0.3) is 11.4 Å². The molecule has 0 spiro atoms. The summed E-state index contributed by atoms with van der Waals surface area (Å²) >= 11 is 1.50. The van der Waals surface area contributed by atoms with Gasteiger partial charge >= 0.3 is 0 Å². The van der Waals surface area contributed by atoms with Crippen LogP contribution in [-0.2, 0) is 11.3 Å². The molecule has 1 amide bonds. The highest BCUT2D eigenvalue weighted by Crippen LogP contribution is 2.34. The lowest BCUT2D eigenvalue weighted by Gasteiger charge is -2.27. The predicted molar refractivity (Wildman–Crippen MR) is 108 cm³/mol. The third-order valence-corrected chi connectivity index (χ3v) is 6.10. The first-order valence-corrected chi connectivity index (χ1v) is 10.9. The Kier molecular flexibility index (Phi) is 5.62. The van der Waals surface area contributed by atoms with Crippen LogP contribution in [0.3, 0.4) is 0 Å². The Hall–Kier alpha value is -2.08. The first-order chi connectivity index (χ1) is 13.3. The van der Waals surface area contributed by atoms with Crippen LogP contribution in [0.4, 0.5) is 0 Å². The van der Waals surface area contributed by atoms with Crippen LogP contribution in [0.2, 0.25) is 0 Å². The highest BCUT2D eigenvalue weighted by molar-refractivity contribution is 7.99. The van der Waals surface area contributed by atoms with Gasteiger partial charge in [-0.15, -0.1) is 10.2 Å². The maximum absolute atomic E-state index is 13.0. The van der Waals surface area contributed by atoms with E-state index in [1.54, 1.807) is 0 Å². The van der Waals surface area contributed by atoms with Gasteiger partial charge in [0.15, 0.2) is 11.0 Å². The summed E-state index contributed by atoms with van der Waals surface area (Å²) in [5.41, 5.74) is 2.30. The molecule has 0 bridgehead atoms. The van der Waals surface area contributed by atoms with Crippen molar-refractivity contribution in [3.8, 4) is 11.4 Å². The molecule has 142 valence electrons.